The molecule has 1 aromatic rings. The number of methoxy groups -OCH3 is 1. The van der Waals surface area contributed by atoms with Gasteiger partial charge in [0.15, 0.2) is 0 Å². The van der Waals surface area contributed by atoms with E-state index in [0.29, 0.717) is 0 Å². The van der Waals surface area contributed by atoms with Gasteiger partial charge in [0.2, 0.25) is 0 Å². The van der Waals surface area contributed by atoms with Gasteiger partial charge in [-0.15, -0.1) is 0 Å². The van der Waals surface area contributed by atoms with Crippen LogP contribution in [-0.4, -0.2) is 7.11 Å². The number of aryl methyl sites for hydroxylation is 1. The topological polar surface area (TPSA) is 9.23 Å². The van der Waals surface area contributed by atoms with Gasteiger partial charge in [-0.2, -0.15) is 0 Å². The SMILES string of the molecule is COC12CCCC=C1c1cccc(C)c12. The summed E-state index contributed by atoms with van der Waals surface area (Å²) in [5.41, 5.74) is 5.58. The Morgan fingerprint density at radius 1 is 1.33 bits per heavy atom. The third-order valence-electron chi connectivity index (χ3n) is 3.83. The van der Waals surface area contributed by atoms with Crippen molar-refractivity contribution in [2.75, 3.05) is 7.11 Å². The monoisotopic (exact) mass is 200 g/mol. The van der Waals surface area contributed by atoms with Gasteiger partial charge in [0, 0.05) is 7.11 Å². The van der Waals surface area contributed by atoms with Crippen LogP contribution < -0.4 is 0 Å². The van der Waals surface area contributed by atoms with E-state index < -0.39 is 0 Å². The highest BCUT2D eigenvalue weighted by Gasteiger charge is 2.49. The van der Waals surface area contributed by atoms with Crippen LogP contribution in [0.2, 0.25) is 0 Å². The van der Waals surface area contributed by atoms with Crippen molar-refractivity contribution in [1.82, 2.24) is 0 Å². The minimum Gasteiger partial charge on any atom is -0.369 e. The fraction of sp³-hybridized carbons (Fsp3) is 0.429. The average molecular weight is 200 g/mol. The lowest BCUT2D eigenvalue weighted by atomic mass is 9.62. The Morgan fingerprint density at radius 2 is 2.20 bits per heavy atom. The second kappa shape index (κ2) is 2.96. The van der Waals surface area contributed by atoms with Crippen LogP contribution in [0.1, 0.15) is 36.0 Å². The largest absolute Gasteiger partial charge is 0.369 e. The summed E-state index contributed by atoms with van der Waals surface area (Å²) in [6, 6.07) is 6.55. The quantitative estimate of drug-likeness (QED) is 0.675. The zero-order valence-electron chi connectivity index (χ0n) is 9.34. The maximum atomic E-state index is 5.82. The molecule has 0 N–H and O–H groups in total. The van der Waals surface area contributed by atoms with Crippen molar-refractivity contribution in [1.29, 1.82) is 0 Å². The van der Waals surface area contributed by atoms with E-state index in [9.17, 15) is 0 Å². The molecule has 0 saturated carbocycles. The molecule has 2 aliphatic rings. The molecule has 0 amide bonds. The number of hydrogen-bond acceptors (Lipinski definition) is 1. The molecule has 78 valence electrons. The van der Waals surface area contributed by atoms with Gasteiger partial charge >= 0.3 is 0 Å². The molecule has 3 rings (SSSR count). The van der Waals surface area contributed by atoms with Gasteiger partial charge in [-0.25, -0.2) is 0 Å². The lowest BCUT2D eigenvalue weighted by molar-refractivity contribution is 0.0142. The molecule has 1 heteroatoms. The van der Waals surface area contributed by atoms with E-state index in [-0.39, 0.29) is 5.60 Å². The van der Waals surface area contributed by atoms with Crippen molar-refractivity contribution < 1.29 is 4.74 Å². The Bertz CT molecular complexity index is 445. The molecule has 0 aliphatic heterocycles. The maximum absolute atomic E-state index is 5.82. The Kier molecular flexibility index (Phi) is 1.81. The second-order valence-corrected chi connectivity index (χ2v) is 4.54. The number of fused-ring (bicyclic) bond motifs is 4. The van der Waals surface area contributed by atoms with E-state index in [4.69, 9.17) is 4.74 Å². The Balaban J connectivity index is 2.25. The smallest absolute Gasteiger partial charge is 0.119 e. The third kappa shape index (κ3) is 0.967. The van der Waals surface area contributed by atoms with Crippen molar-refractivity contribution in [3.8, 4) is 0 Å². The van der Waals surface area contributed by atoms with Gasteiger partial charge in [0.1, 0.15) is 5.60 Å². The minimum absolute atomic E-state index is 0.0566. The molecule has 0 radical (unpaired) electrons. The summed E-state index contributed by atoms with van der Waals surface area (Å²) in [6.07, 6.45) is 5.95. The van der Waals surface area contributed by atoms with Crippen LogP contribution in [0.3, 0.4) is 0 Å². The Labute approximate surface area is 90.8 Å². The fourth-order valence-electron chi connectivity index (χ4n) is 3.16. The Morgan fingerprint density at radius 3 is 3.00 bits per heavy atom. The highest BCUT2D eigenvalue weighted by molar-refractivity contribution is 5.88. The molecule has 0 aromatic heterocycles. The van der Waals surface area contributed by atoms with Gasteiger partial charge in [-0.3, -0.25) is 0 Å². The van der Waals surface area contributed by atoms with Crippen LogP contribution in [0.5, 0.6) is 0 Å². The molecular formula is C14H16O. The van der Waals surface area contributed by atoms with E-state index in [1.165, 1.54) is 35.1 Å². The van der Waals surface area contributed by atoms with E-state index in [1.54, 1.807) is 0 Å². The molecule has 1 nitrogen and oxygen atoms in total. The molecule has 0 bridgehead atoms. The molecule has 1 unspecified atom stereocenters. The first-order chi connectivity index (χ1) is 7.29. The van der Waals surface area contributed by atoms with Gasteiger partial charge < -0.3 is 4.74 Å². The predicted molar refractivity (Wildman–Crippen MR) is 61.7 cm³/mol. The van der Waals surface area contributed by atoms with E-state index in [2.05, 4.69) is 31.2 Å². The summed E-state index contributed by atoms with van der Waals surface area (Å²) in [4.78, 5) is 0. The van der Waals surface area contributed by atoms with Crippen LogP contribution in [0.25, 0.3) is 5.57 Å². The molecule has 0 fully saturated rings. The lowest BCUT2D eigenvalue weighted by Crippen LogP contribution is -2.41. The summed E-state index contributed by atoms with van der Waals surface area (Å²) >= 11 is 0. The maximum Gasteiger partial charge on any atom is 0.119 e. The standard InChI is InChI=1S/C14H16O/c1-10-6-5-7-11-12-8-3-4-9-14(12,15-2)13(10)11/h5-8H,3-4,9H2,1-2H3. The lowest BCUT2D eigenvalue weighted by Gasteiger charge is -2.48. The Hall–Kier alpha value is -1.08. The van der Waals surface area contributed by atoms with E-state index >= 15 is 0 Å². The molecule has 0 heterocycles. The van der Waals surface area contributed by atoms with Gasteiger partial charge in [0.25, 0.3) is 0 Å². The van der Waals surface area contributed by atoms with Crippen molar-refractivity contribution in [2.45, 2.75) is 31.8 Å². The van der Waals surface area contributed by atoms with Gasteiger partial charge in [-0.05, 0) is 48.4 Å². The normalized spacial score (nSPS) is 27.5. The fourth-order valence-corrected chi connectivity index (χ4v) is 3.16. The summed E-state index contributed by atoms with van der Waals surface area (Å²) in [6.45, 7) is 2.19. The minimum atomic E-state index is -0.0566. The van der Waals surface area contributed by atoms with Crippen LogP contribution in [0.4, 0.5) is 0 Å². The number of ether oxygens (including phenoxy) is 1. The highest BCUT2D eigenvalue weighted by atomic mass is 16.5. The van der Waals surface area contributed by atoms with Crippen LogP contribution in [0, 0.1) is 6.92 Å². The van der Waals surface area contributed by atoms with Gasteiger partial charge in [0.05, 0.1) is 0 Å². The second-order valence-electron chi connectivity index (χ2n) is 4.54. The molecule has 1 atom stereocenters. The number of allylic oxidation sites excluding steroid dienone is 1. The average Bonchev–Trinajstić information content (AvgIpc) is 2.25. The molecule has 0 saturated heterocycles. The predicted octanol–water partition coefficient (Wildman–Crippen LogP) is 3.42. The summed E-state index contributed by atoms with van der Waals surface area (Å²) in [5, 5.41) is 0. The van der Waals surface area contributed by atoms with E-state index in [1.807, 2.05) is 7.11 Å². The van der Waals surface area contributed by atoms with Crippen molar-refractivity contribution in [3.05, 3.63) is 41.0 Å². The molecule has 2 aliphatic carbocycles. The number of rotatable bonds is 1. The molecule has 15 heavy (non-hydrogen) atoms. The van der Waals surface area contributed by atoms with E-state index in [0.717, 1.165) is 6.42 Å². The summed E-state index contributed by atoms with van der Waals surface area (Å²) in [7, 11) is 1.84. The first-order valence-electron chi connectivity index (χ1n) is 5.66. The first-order valence-corrected chi connectivity index (χ1v) is 5.66. The van der Waals surface area contributed by atoms with Crippen LogP contribution in [-0.2, 0) is 10.3 Å². The van der Waals surface area contributed by atoms with Crippen molar-refractivity contribution >= 4 is 5.57 Å². The first kappa shape index (κ1) is 9.17. The highest BCUT2D eigenvalue weighted by Crippen LogP contribution is 2.57. The van der Waals surface area contributed by atoms with Crippen LogP contribution >= 0.6 is 0 Å². The zero-order valence-corrected chi connectivity index (χ0v) is 9.34. The number of hydrogen-bond donors (Lipinski definition) is 0. The molecular weight excluding hydrogens is 184 g/mol. The van der Waals surface area contributed by atoms with Crippen molar-refractivity contribution in [3.63, 3.8) is 0 Å². The van der Waals surface area contributed by atoms with Crippen LogP contribution in [0.15, 0.2) is 24.3 Å². The third-order valence-corrected chi connectivity index (χ3v) is 3.83. The molecule has 0 spiro atoms. The summed E-state index contributed by atoms with van der Waals surface area (Å²) in [5.74, 6) is 0. The number of benzene rings is 1. The van der Waals surface area contributed by atoms with Gasteiger partial charge in [-0.1, -0.05) is 24.3 Å². The van der Waals surface area contributed by atoms with Crippen molar-refractivity contribution in [2.24, 2.45) is 0 Å². The summed E-state index contributed by atoms with van der Waals surface area (Å²) < 4.78 is 5.82. The molecule has 1 aromatic carbocycles. The zero-order chi connectivity index (χ0) is 10.5.